The van der Waals surface area contributed by atoms with E-state index in [4.69, 9.17) is 4.74 Å². The highest BCUT2D eigenvalue weighted by molar-refractivity contribution is 6.45. The molecule has 0 saturated heterocycles. The first-order valence-corrected chi connectivity index (χ1v) is 9.77. The molecule has 7 heteroatoms. The Kier molecular flexibility index (Phi) is 6.52. The van der Waals surface area contributed by atoms with Crippen molar-refractivity contribution in [2.24, 2.45) is 5.92 Å². The molecule has 2 aromatic rings. The van der Waals surface area contributed by atoms with Crippen molar-refractivity contribution >= 4 is 23.1 Å². The van der Waals surface area contributed by atoms with Crippen LogP contribution in [0.15, 0.2) is 54.2 Å². The van der Waals surface area contributed by atoms with Gasteiger partial charge in [0, 0.05) is 13.6 Å². The molecule has 2 amide bonds. The van der Waals surface area contributed by atoms with Crippen LogP contribution in [-0.4, -0.2) is 48.6 Å². The summed E-state index contributed by atoms with van der Waals surface area (Å²) in [6, 6.07) is 12.3. The number of likely N-dealkylation sites (N-methyl/N-ethyl adjacent to an activating group) is 1. The summed E-state index contributed by atoms with van der Waals surface area (Å²) in [6.45, 7) is 4.65. The third-order valence-corrected chi connectivity index (χ3v) is 4.67. The van der Waals surface area contributed by atoms with Gasteiger partial charge in [-0.15, -0.1) is 0 Å². The molecule has 0 unspecified atom stereocenters. The van der Waals surface area contributed by atoms with Gasteiger partial charge in [0.2, 0.25) is 0 Å². The van der Waals surface area contributed by atoms with Crippen LogP contribution < -0.4 is 9.64 Å². The summed E-state index contributed by atoms with van der Waals surface area (Å²) in [6.07, 6.45) is 0. The van der Waals surface area contributed by atoms with Crippen LogP contribution in [0.3, 0.4) is 0 Å². The van der Waals surface area contributed by atoms with Crippen LogP contribution >= 0.6 is 0 Å². The van der Waals surface area contributed by atoms with Gasteiger partial charge >= 0.3 is 0 Å². The Morgan fingerprint density at radius 2 is 1.80 bits per heavy atom. The Hall–Kier alpha value is -3.19. The molecular formula is C23H25FN2O4. The number of rotatable bonds is 8. The first-order chi connectivity index (χ1) is 14.3. The zero-order chi connectivity index (χ0) is 21.8. The van der Waals surface area contributed by atoms with Crippen LogP contribution in [-0.2, 0) is 9.59 Å². The number of benzene rings is 2. The molecule has 0 aliphatic carbocycles. The second kappa shape index (κ2) is 9.09. The second-order valence-corrected chi connectivity index (χ2v) is 7.52. The molecule has 0 aromatic heterocycles. The lowest BCUT2D eigenvalue weighted by atomic mass is 10.0. The number of aliphatic hydroxyl groups excluding tert-OH is 1. The van der Waals surface area contributed by atoms with E-state index in [1.807, 2.05) is 13.8 Å². The van der Waals surface area contributed by atoms with Crippen LogP contribution in [0.25, 0.3) is 5.57 Å². The van der Waals surface area contributed by atoms with Gasteiger partial charge in [0.25, 0.3) is 11.8 Å². The van der Waals surface area contributed by atoms with Crippen LogP contribution in [0.4, 0.5) is 10.1 Å². The van der Waals surface area contributed by atoms with Gasteiger partial charge in [-0.25, -0.2) is 9.29 Å². The van der Waals surface area contributed by atoms with Crippen molar-refractivity contribution in [2.45, 2.75) is 13.8 Å². The van der Waals surface area contributed by atoms with E-state index in [1.54, 1.807) is 31.3 Å². The highest BCUT2D eigenvalue weighted by Crippen LogP contribution is 2.35. The van der Waals surface area contributed by atoms with E-state index in [2.05, 4.69) is 0 Å². The minimum Gasteiger partial charge on any atom is -0.493 e. The molecule has 1 heterocycles. The van der Waals surface area contributed by atoms with Gasteiger partial charge in [-0.05, 0) is 41.8 Å². The van der Waals surface area contributed by atoms with Gasteiger partial charge in [0.1, 0.15) is 17.3 Å². The third kappa shape index (κ3) is 4.36. The monoisotopic (exact) mass is 412 g/mol. The second-order valence-electron chi connectivity index (χ2n) is 7.52. The molecule has 0 saturated carbocycles. The Morgan fingerprint density at radius 3 is 2.40 bits per heavy atom. The van der Waals surface area contributed by atoms with Crippen molar-refractivity contribution in [3.8, 4) is 5.75 Å². The predicted molar refractivity (Wildman–Crippen MR) is 112 cm³/mol. The standard InChI is InChI=1S/C23H25FN2O4/c1-15(2)14-30-19-9-7-16(8-10-19)20-21(25(3)11-12-27)23(29)26(22(20)28)18-6-4-5-17(24)13-18/h4-10,13,15,27H,11-12,14H2,1-3H3. The highest BCUT2D eigenvalue weighted by atomic mass is 19.1. The van der Waals surface area contributed by atoms with Gasteiger partial charge < -0.3 is 14.7 Å². The Bertz CT molecular complexity index is 969. The Morgan fingerprint density at radius 1 is 1.10 bits per heavy atom. The van der Waals surface area contributed by atoms with Gasteiger partial charge in [-0.2, -0.15) is 0 Å². The Labute approximate surface area is 175 Å². The normalized spacial score (nSPS) is 14.1. The molecule has 0 atom stereocenters. The molecule has 2 aromatic carbocycles. The lowest BCUT2D eigenvalue weighted by molar-refractivity contribution is -0.120. The zero-order valence-electron chi connectivity index (χ0n) is 17.3. The minimum atomic E-state index is -0.559. The minimum absolute atomic E-state index is 0.159. The molecule has 0 fully saturated rings. The summed E-state index contributed by atoms with van der Waals surface area (Å²) in [4.78, 5) is 28.9. The van der Waals surface area contributed by atoms with Gasteiger partial charge in [-0.1, -0.05) is 32.0 Å². The first kappa shape index (κ1) is 21.5. The van der Waals surface area contributed by atoms with Gasteiger partial charge in [0.15, 0.2) is 0 Å². The van der Waals surface area contributed by atoms with E-state index < -0.39 is 17.6 Å². The fraction of sp³-hybridized carbons (Fsp3) is 0.304. The fourth-order valence-electron chi connectivity index (χ4n) is 3.22. The molecular weight excluding hydrogens is 387 g/mol. The van der Waals surface area contributed by atoms with Crippen LogP contribution in [0.5, 0.6) is 5.75 Å². The summed E-state index contributed by atoms with van der Waals surface area (Å²) in [5, 5.41) is 9.33. The average molecular weight is 412 g/mol. The largest absolute Gasteiger partial charge is 0.493 e. The number of anilines is 1. The summed E-state index contributed by atoms with van der Waals surface area (Å²) in [5.41, 5.74) is 1.07. The predicted octanol–water partition coefficient (Wildman–Crippen LogP) is 3.07. The summed E-state index contributed by atoms with van der Waals surface area (Å²) < 4.78 is 19.4. The molecule has 0 bridgehead atoms. The number of amides is 2. The fourth-order valence-corrected chi connectivity index (χ4v) is 3.22. The number of aliphatic hydroxyl groups is 1. The van der Waals surface area contributed by atoms with Crippen molar-refractivity contribution in [1.29, 1.82) is 0 Å². The molecule has 1 aliphatic rings. The van der Waals surface area contributed by atoms with Crippen LogP contribution in [0, 0.1) is 11.7 Å². The molecule has 30 heavy (non-hydrogen) atoms. The van der Waals surface area contributed by atoms with Crippen LogP contribution in [0.1, 0.15) is 19.4 Å². The number of carbonyl (C=O) groups excluding carboxylic acids is 2. The van der Waals surface area contributed by atoms with Crippen molar-refractivity contribution in [3.63, 3.8) is 0 Å². The molecule has 158 valence electrons. The first-order valence-electron chi connectivity index (χ1n) is 9.77. The molecule has 3 rings (SSSR count). The maximum Gasteiger partial charge on any atom is 0.282 e. The number of halogens is 1. The van der Waals surface area contributed by atoms with Crippen molar-refractivity contribution < 1.29 is 23.8 Å². The number of carbonyl (C=O) groups is 2. The molecule has 0 radical (unpaired) electrons. The van der Waals surface area contributed by atoms with E-state index in [9.17, 15) is 19.1 Å². The SMILES string of the molecule is CC(C)COc1ccc(C2=C(N(C)CCO)C(=O)N(c3cccc(F)c3)C2=O)cc1. The Balaban J connectivity index is 2.01. The summed E-state index contributed by atoms with van der Waals surface area (Å²) in [7, 11) is 1.63. The number of nitrogens with zero attached hydrogens (tertiary/aromatic N) is 2. The molecule has 6 nitrogen and oxygen atoms in total. The number of hydrogen-bond acceptors (Lipinski definition) is 5. The third-order valence-electron chi connectivity index (χ3n) is 4.67. The van der Waals surface area contributed by atoms with E-state index in [0.29, 0.717) is 23.8 Å². The highest BCUT2D eigenvalue weighted by Gasteiger charge is 2.41. The van der Waals surface area contributed by atoms with E-state index in [-0.39, 0.29) is 30.1 Å². The van der Waals surface area contributed by atoms with E-state index >= 15 is 0 Å². The topological polar surface area (TPSA) is 70.1 Å². The zero-order valence-corrected chi connectivity index (χ0v) is 17.3. The summed E-state index contributed by atoms with van der Waals surface area (Å²) in [5.74, 6) is -0.603. The van der Waals surface area contributed by atoms with Crippen molar-refractivity contribution in [1.82, 2.24) is 4.90 Å². The van der Waals surface area contributed by atoms with Crippen molar-refractivity contribution in [3.05, 3.63) is 65.6 Å². The lowest BCUT2D eigenvalue weighted by Gasteiger charge is -2.20. The average Bonchev–Trinajstić information content (AvgIpc) is 2.97. The maximum absolute atomic E-state index is 13.7. The number of hydrogen-bond donors (Lipinski definition) is 1. The molecule has 1 aliphatic heterocycles. The van der Waals surface area contributed by atoms with Gasteiger partial charge in [-0.3, -0.25) is 9.59 Å². The lowest BCUT2D eigenvalue weighted by Crippen LogP contribution is -2.34. The summed E-state index contributed by atoms with van der Waals surface area (Å²) >= 11 is 0. The van der Waals surface area contributed by atoms with Crippen LogP contribution in [0.2, 0.25) is 0 Å². The molecule has 1 N–H and O–H groups in total. The molecule has 0 spiro atoms. The quantitative estimate of drug-likeness (QED) is 0.675. The maximum atomic E-state index is 13.7. The smallest absolute Gasteiger partial charge is 0.282 e. The number of ether oxygens (including phenoxy) is 1. The van der Waals surface area contributed by atoms with Gasteiger partial charge in [0.05, 0.1) is 24.5 Å². The van der Waals surface area contributed by atoms with Crippen molar-refractivity contribution in [2.75, 3.05) is 31.7 Å². The van der Waals surface area contributed by atoms with E-state index in [0.717, 1.165) is 11.0 Å². The van der Waals surface area contributed by atoms with E-state index in [1.165, 1.54) is 23.1 Å². The number of imide groups is 1.